The largest absolute Gasteiger partial charge is 0.480 e. The van der Waals surface area contributed by atoms with Crippen molar-refractivity contribution in [3.63, 3.8) is 0 Å². The predicted molar refractivity (Wildman–Crippen MR) is 81.9 cm³/mol. The summed E-state index contributed by atoms with van der Waals surface area (Å²) >= 11 is 0. The number of rotatable bonds is 7. The highest BCUT2D eigenvalue weighted by molar-refractivity contribution is 5.82. The van der Waals surface area contributed by atoms with Crippen LogP contribution in [0.2, 0.25) is 0 Å². The van der Waals surface area contributed by atoms with Gasteiger partial charge in [0, 0.05) is 13.1 Å². The van der Waals surface area contributed by atoms with Gasteiger partial charge in [0.25, 0.3) is 0 Å². The number of nitrogens with zero attached hydrogens (tertiary/aromatic N) is 1. The molecule has 2 N–H and O–H groups in total. The van der Waals surface area contributed by atoms with E-state index in [4.69, 9.17) is 0 Å². The maximum Gasteiger partial charge on any atom is 0.326 e. The highest BCUT2D eigenvalue weighted by atomic mass is 16.4. The van der Waals surface area contributed by atoms with Crippen molar-refractivity contribution in [1.29, 1.82) is 0 Å². The molecule has 5 heteroatoms. The number of carbonyl (C=O) groups excluding carboxylic acids is 1. The standard InChI is InChI=1S/C16H24N2O3/c1-4-12(3)14(15(19)20)17-16(21)18(5-2)11-13-9-7-6-8-10-13/h6-10,12,14H,4-5,11H2,1-3H3,(H,17,21)(H,19,20)/t12?,14-/m0/s1. The Balaban J connectivity index is 2.72. The Morgan fingerprint density at radius 3 is 2.33 bits per heavy atom. The molecular weight excluding hydrogens is 268 g/mol. The van der Waals surface area contributed by atoms with E-state index in [9.17, 15) is 14.7 Å². The van der Waals surface area contributed by atoms with Crippen LogP contribution in [0.5, 0.6) is 0 Å². The first kappa shape index (κ1) is 17.0. The Kier molecular flexibility index (Phi) is 6.72. The third-order valence-electron chi connectivity index (χ3n) is 3.64. The minimum atomic E-state index is -0.992. The van der Waals surface area contributed by atoms with E-state index < -0.39 is 12.0 Å². The van der Waals surface area contributed by atoms with E-state index in [0.29, 0.717) is 19.5 Å². The van der Waals surface area contributed by atoms with Crippen molar-refractivity contribution in [3.05, 3.63) is 35.9 Å². The number of benzene rings is 1. The van der Waals surface area contributed by atoms with E-state index in [1.807, 2.05) is 51.1 Å². The molecule has 0 bridgehead atoms. The molecule has 0 radical (unpaired) electrons. The summed E-state index contributed by atoms with van der Waals surface area (Å²) in [6, 6.07) is 8.45. The topological polar surface area (TPSA) is 69.6 Å². The molecule has 0 aliphatic rings. The van der Waals surface area contributed by atoms with Gasteiger partial charge in [0.2, 0.25) is 0 Å². The number of carboxylic acids is 1. The van der Waals surface area contributed by atoms with Crippen LogP contribution in [0.4, 0.5) is 4.79 Å². The minimum Gasteiger partial charge on any atom is -0.480 e. The summed E-state index contributed by atoms with van der Waals surface area (Å²) in [5.74, 6) is -1.10. The highest BCUT2D eigenvalue weighted by Gasteiger charge is 2.27. The van der Waals surface area contributed by atoms with Crippen LogP contribution in [0.25, 0.3) is 0 Å². The number of aliphatic carboxylic acids is 1. The van der Waals surface area contributed by atoms with Gasteiger partial charge in [-0.25, -0.2) is 9.59 Å². The van der Waals surface area contributed by atoms with Gasteiger partial charge >= 0.3 is 12.0 Å². The summed E-state index contributed by atoms with van der Waals surface area (Å²) in [5, 5.41) is 11.9. The van der Waals surface area contributed by atoms with Crippen LogP contribution in [0.15, 0.2) is 30.3 Å². The zero-order valence-electron chi connectivity index (χ0n) is 12.9. The summed E-state index contributed by atoms with van der Waals surface area (Å²) in [4.78, 5) is 25.1. The van der Waals surface area contributed by atoms with Crippen LogP contribution in [0, 0.1) is 5.92 Å². The Labute approximate surface area is 126 Å². The molecule has 0 heterocycles. The molecule has 2 atom stereocenters. The molecule has 0 saturated carbocycles. The summed E-state index contributed by atoms with van der Waals surface area (Å²) in [6.45, 7) is 6.60. The number of urea groups is 1. The maximum absolute atomic E-state index is 12.3. The van der Waals surface area contributed by atoms with Crippen LogP contribution in [0.3, 0.4) is 0 Å². The van der Waals surface area contributed by atoms with Crippen LogP contribution in [0.1, 0.15) is 32.8 Å². The molecule has 116 valence electrons. The van der Waals surface area contributed by atoms with Gasteiger partial charge in [-0.15, -0.1) is 0 Å². The molecule has 0 aromatic heterocycles. The van der Waals surface area contributed by atoms with E-state index >= 15 is 0 Å². The molecule has 21 heavy (non-hydrogen) atoms. The lowest BCUT2D eigenvalue weighted by Gasteiger charge is -2.26. The first-order valence-electron chi connectivity index (χ1n) is 7.31. The van der Waals surface area contributed by atoms with Crippen LogP contribution < -0.4 is 5.32 Å². The lowest BCUT2D eigenvalue weighted by Crippen LogP contribution is -2.50. The van der Waals surface area contributed by atoms with Gasteiger partial charge in [-0.05, 0) is 18.4 Å². The van der Waals surface area contributed by atoms with Gasteiger partial charge in [0.1, 0.15) is 6.04 Å². The van der Waals surface area contributed by atoms with Crippen molar-refractivity contribution in [3.8, 4) is 0 Å². The molecule has 0 aliphatic heterocycles. The van der Waals surface area contributed by atoms with Gasteiger partial charge in [0.05, 0.1) is 0 Å². The number of carbonyl (C=O) groups is 2. The second kappa shape index (κ2) is 8.29. The monoisotopic (exact) mass is 292 g/mol. The SMILES string of the molecule is CCC(C)[C@H](NC(=O)N(CC)Cc1ccccc1)C(=O)O. The molecule has 1 aromatic rings. The number of carboxylic acid groups (broad SMARTS) is 1. The molecule has 0 spiro atoms. The van der Waals surface area contributed by atoms with Crippen molar-refractivity contribution < 1.29 is 14.7 Å². The van der Waals surface area contributed by atoms with E-state index in [-0.39, 0.29) is 11.9 Å². The van der Waals surface area contributed by atoms with E-state index in [2.05, 4.69) is 5.32 Å². The third kappa shape index (κ3) is 5.10. The Morgan fingerprint density at radius 1 is 1.24 bits per heavy atom. The fraction of sp³-hybridized carbons (Fsp3) is 0.500. The molecule has 0 fully saturated rings. The molecule has 0 aliphatic carbocycles. The average Bonchev–Trinajstić information content (AvgIpc) is 2.49. The highest BCUT2D eigenvalue weighted by Crippen LogP contribution is 2.10. The zero-order chi connectivity index (χ0) is 15.8. The molecular formula is C16H24N2O3. The minimum absolute atomic E-state index is 0.109. The second-order valence-corrected chi connectivity index (χ2v) is 5.15. The third-order valence-corrected chi connectivity index (χ3v) is 3.64. The number of hydrogen-bond donors (Lipinski definition) is 2. The maximum atomic E-state index is 12.3. The Morgan fingerprint density at radius 2 is 1.86 bits per heavy atom. The molecule has 1 unspecified atom stereocenters. The Hall–Kier alpha value is -2.04. The molecule has 1 rings (SSSR count). The summed E-state index contributed by atoms with van der Waals surface area (Å²) in [7, 11) is 0. The fourth-order valence-corrected chi connectivity index (χ4v) is 2.04. The molecule has 1 aromatic carbocycles. The first-order valence-corrected chi connectivity index (χ1v) is 7.31. The summed E-state index contributed by atoms with van der Waals surface area (Å²) in [5.41, 5.74) is 1.02. The van der Waals surface area contributed by atoms with Gasteiger partial charge in [-0.1, -0.05) is 50.6 Å². The molecule has 0 saturated heterocycles. The van der Waals surface area contributed by atoms with Gasteiger partial charge in [0.15, 0.2) is 0 Å². The van der Waals surface area contributed by atoms with Crippen LogP contribution in [-0.2, 0) is 11.3 Å². The van der Waals surface area contributed by atoms with Crippen molar-refractivity contribution >= 4 is 12.0 Å². The predicted octanol–water partition coefficient (Wildman–Crippen LogP) is 2.72. The fourth-order valence-electron chi connectivity index (χ4n) is 2.04. The molecule has 2 amide bonds. The van der Waals surface area contributed by atoms with E-state index in [1.54, 1.807) is 4.90 Å². The van der Waals surface area contributed by atoms with Crippen molar-refractivity contribution in [2.45, 2.75) is 39.8 Å². The molecule has 5 nitrogen and oxygen atoms in total. The van der Waals surface area contributed by atoms with Crippen LogP contribution >= 0.6 is 0 Å². The average molecular weight is 292 g/mol. The van der Waals surface area contributed by atoms with Crippen molar-refractivity contribution in [2.75, 3.05) is 6.54 Å². The van der Waals surface area contributed by atoms with Gasteiger partial charge < -0.3 is 15.3 Å². The number of amides is 2. The number of nitrogens with one attached hydrogen (secondary N) is 1. The lowest BCUT2D eigenvalue weighted by molar-refractivity contribution is -0.140. The first-order chi connectivity index (χ1) is 9.99. The smallest absolute Gasteiger partial charge is 0.326 e. The normalized spacial score (nSPS) is 13.3. The zero-order valence-corrected chi connectivity index (χ0v) is 12.9. The van der Waals surface area contributed by atoms with Crippen LogP contribution in [-0.4, -0.2) is 34.6 Å². The summed E-state index contributed by atoms with van der Waals surface area (Å²) < 4.78 is 0. The van der Waals surface area contributed by atoms with Crippen molar-refractivity contribution in [2.24, 2.45) is 5.92 Å². The van der Waals surface area contributed by atoms with Gasteiger partial charge in [-0.3, -0.25) is 0 Å². The van der Waals surface area contributed by atoms with Crippen molar-refractivity contribution in [1.82, 2.24) is 10.2 Å². The second-order valence-electron chi connectivity index (χ2n) is 5.15. The Bertz CT molecular complexity index is 462. The van der Waals surface area contributed by atoms with E-state index in [0.717, 1.165) is 5.56 Å². The van der Waals surface area contributed by atoms with E-state index in [1.165, 1.54) is 0 Å². The quantitative estimate of drug-likeness (QED) is 0.812. The lowest BCUT2D eigenvalue weighted by atomic mass is 9.99. The number of hydrogen-bond acceptors (Lipinski definition) is 2. The van der Waals surface area contributed by atoms with Gasteiger partial charge in [-0.2, -0.15) is 0 Å². The summed E-state index contributed by atoms with van der Waals surface area (Å²) in [6.07, 6.45) is 0.696.